The smallest absolute Gasteiger partial charge is 0.222 e. The van der Waals surface area contributed by atoms with Gasteiger partial charge in [0, 0.05) is 48.2 Å². The van der Waals surface area contributed by atoms with Crippen LogP contribution in [0, 0.1) is 13.8 Å². The Hall–Kier alpha value is -2.14. The van der Waals surface area contributed by atoms with Gasteiger partial charge in [0.25, 0.3) is 0 Å². The standard InChI is InChI=1S/C23H33N3O2/c1-5-21(27)26-13-11-18(12-14-26)24-16(3)9-10-19-17(4)25-22-15(2)7-6-8-20(22)23(19)28/h6-8,16,18,24H,5,9-14H2,1-4H3,(H,25,28). The van der Waals surface area contributed by atoms with E-state index in [1.165, 1.54) is 0 Å². The molecule has 1 amide bonds. The average Bonchev–Trinajstić information content (AvgIpc) is 2.68. The Kier molecular flexibility index (Phi) is 6.55. The molecular formula is C23H33N3O2. The summed E-state index contributed by atoms with van der Waals surface area (Å²) in [5.41, 5.74) is 4.09. The number of rotatable bonds is 6. The van der Waals surface area contributed by atoms with Crippen LogP contribution in [0.25, 0.3) is 10.9 Å². The quantitative estimate of drug-likeness (QED) is 0.803. The van der Waals surface area contributed by atoms with Gasteiger partial charge in [0.15, 0.2) is 5.43 Å². The zero-order chi connectivity index (χ0) is 20.3. The number of nitrogens with zero attached hydrogens (tertiary/aromatic N) is 1. The molecule has 2 N–H and O–H groups in total. The molecule has 28 heavy (non-hydrogen) atoms. The van der Waals surface area contributed by atoms with Crippen LogP contribution >= 0.6 is 0 Å². The summed E-state index contributed by atoms with van der Waals surface area (Å²) >= 11 is 0. The van der Waals surface area contributed by atoms with Crippen molar-refractivity contribution in [1.29, 1.82) is 0 Å². The van der Waals surface area contributed by atoms with Crippen molar-refractivity contribution in [3.8, 4) is 0 Å². The van der Waals surface area contributed by atoms with Crippen LogP contribution in [0.3, 0.4) is 0 Å². The number of nitrogens with one attached hydrogen (secondary N) is 2. The lowest BCUT2D eigenvalue weighted by molar-refractivity contribution is -0.131. The molecule has 2 aromatic rings. The number of piperidine rings is 1. The van der Waals surface area contributed by atoms with Crippen molar-refractivity contribution in [1.82, 2.24) is 15.2 Å². The third-order valence-corrected chi connectivity index (χ3v) is 6.05. The van der Waals surface area contributed by atoms with Gasteiger partial charge >= 0.3 is 0 Å². The highest BCUT2D eigenvalue weighted by Crippen LogP contribution is 2.17. The molecule has 0 bridgehead atoms. The number of aromatic nitrogens is 1. The number of aryl methyl sites for hydroxylation is 2. The van der Waals surface area contributed by atoms with Crippen LogP contribution in [0.15, 0.2) is 23.0 Å². The van der Waals surface area contributed by atoms with Crippen LogP contribution in [0.5, 0.6) is 0 Å². The minimum Gasteiger partial charge on any atom is -0.358 e. The van der Waals surface area contributed by atoms with Gasteiger partial charge in [-0.1, -0.05) is 19.1 Å². The van der Waals surface area contributed by atoms with Crippen molar-refractivity contribution in [2.45, 2.75) is 71.9 Å². The van der Waals surface area contributed by atoms with Gasteiger partial charge in [-0.3, -0.25) is 9.59 Å². The third-order valence-electron chi connectivity index (χ3n) is 6.05. The van der Waals surface area contributed by atoms with E-state index in [1.54, 1.807) is 0 Å². The van der Waals surface area contributed by atoms with Gasteiger partial charge in [0.05, 0.1) is 5.52 Å². The largest absolute Gasteiger partial charge is 0.358 e. The Bertz CT molecular complexity index is 895. The summed E-state index contributed by atoms with van der Waals surface area (Å²) in [6.45, 7) is 9.84. The maximum Gasteiger partial charge on any atom is 0.222 e. The van der Waals surface area contributed by atoms with Gasteiger partial charge in [-0.05, 0) is 58.1 Å². The number of fused-ring (bicyclic) bond motifs is 1. The van der Waals surface area contributed by atoms with Crippen LogP contribution in [0.1, 0.15) is 56.4 Å². The minimum absolute atomic E-state index is 0.161. The fourth-order valence-electron chi connectivity index (χ4n) is 4.29. The van der Waals surface area contributed by atoms with Crippen molar-refractivity contribution < 1.29 is 4.79 Å². The van der Waals surface area contributed by atoms with E-state index in [2.05, 4.69) is 17.2 Å². The molecule has 1 fully saturated rings. The van der Waals surface area contributed by atoms with E-state index in [0.29, 0.717) is 18.5 Å². The van der Waals surface area contributed by atoms with E-state index in [1.807, 2.05) is 43.9 Å². The van der Waals surface area contributed by atoms with Crippen LogP contribution < -0.4 is 10.7 Å². The van der Waals surface area contributed by atoms with Crippen LogP contribution in [-0.2, 0) is 11.2 Å². The maximum atomic E-state index is 13.0. The summed E-state index contributed by atoms with van der Waals surface area (Å²) in [5, 5.41) is 4.49. The van der Waals surface area contributed by atoms with E-state index >= 15 is 0 Å². The number of aromatic amines is 1. The number of para-hydroxylation sites is 1. The normalized spacial score (nSPS) is 16.5. The highest BCUT2D eigenvalue weighted by molar-refractivity contribution is 5.82. The lowest BCUT2D eigenvalue weighted by Gasteiger charge is -2.34. The second kappa shape index (κ2) is 8.91. The van der Waals surface area contributed by atoms with Crippen molar-refractivity contribution >= 4 is 16.8 Å². The second-order valence-corrected chi connectivity index (χ2v) is 8.17. The van der Waals surface area contributed by atoms with E-state index in [9.17, 15) is 9.59 Å². The van der Waals surface area contributed by atoms with Gasteiger partial charge in [-0.25, -0.2) is 0 Å². The molecule has 152 valence electrons. The van der Waals surface area contributed by atoms with Gasteiger partial charge in [-0.15, -0.1) is 0 Å². The van der Waals surface area contributed by atoms with Crippen molar-refractivity contribution in [3.63, 3.8) is 0 Å². The molecule has 5 heteroatoms. The summed E-state index contributed by atoms with van der Waals surface area (Å²) < 4.78 is 0. The molecule has 0 saturated carbocycles. The number of carbonyl (C=O) groups excluding carboxylic acids is 1. The number of hydrogen-bond acceptors (Lipinski definition) is 3. The van der Waals surface area contributed by atoms with Gasteiger partial charge in [0.2, 0.25) is 5.91 Å². The highest BCUT2D eigenvalue weighted by Gasteiger charge is 2.22. The predicted molar refractivity (Wildman–Crippen MR) is 115 cm³/mol. The molecule has 1 aliphatic rings. The highest BCUT2D eigenvalue weighted by atomic mass is 16.2. The number of likely N-dealkylation sites (tertiary alicyclic amines) is 1. The fourth-order valence-corrected chi connectivity index (χ4v) is 4.29. The summed E-state index contributed by atoms with van der Waals surface area (Å²) in [7, 11) is 0. The number of carbonyl (C=O) groups is 1. The van der Waals surface area contributed by atoms with Gasteiger partial charge < -0.3 is 15.2 Å². The van der Waals surface area contributed by atoms with Crippen molar-refractivity contribution in [2.75, 3.05) is 13.1 Å². The Morgan fingerprint density at radius 1 is 1.29 bits per heavy atom. The number of pyridine rings is 1. The Labute approximate surface area is 167 Å². The molecule has 2 heterocycles. The molecule has 5 nitrogen and oxygen atoms in total. The summed E-state index contributed by atoms with van der Waals surface area (Å²) in [5.74, 6) is 0.257. The maximum absolute atomic E-state index is 13.0. The number of H-pyrrole nitrogens is 1. The first-order chi connectivity index (χ1) is 13.4. The van der Waals surface area contributed by atoms with E-state index in [4.69, 9.17) is 0 Å². The zero-order valence-corrected chi connectivity index (χ0v) is 17.6. The molecule has 1 atom stereocenters. The predicted octanol–water partition coefficient (Wildman–Crippen LogP) is 3.46. The monoisotopic (exact) mass is 383 g/mol. The molecule has 3 rings (SSSR count). The lowest BCUT2D eigenvalue weighted by Crippen LogP contribution is -2.47. The molecule has 1 aromatic heterocycles. The molecule has 0 spiro atoms. The molecule has 0 radical (unpaired) electrons. The van der Waals surface area contributed by atoms with Crippen LogP contribution in [0.2, 0.25) is 0 Å². The summed E-state index contributed by atoms with van der Waals surface area (Å²) in [6, 6.07) is 6.69. The average molecular weight is 384 g/mol. The number of amides is 1. The Morgan fingerprint density at radius 2 is 2.00 bits per heavy atom. The Morgan fingerprint density at radius 3 is 2.68 bits per heavy atom. The lowest BCUT2D eigenvalue weighted by atomic mass is 9.99. The van der Waals surface area contributed by atoms with Gasteiger partial charge in [-0.2, -0.15) is 0 Å². The molecule has 1 saturated heterocycles. The van der Waals surface area contributed by atoms with E-state index < -0.39 is 0 Å². The van der Waals surface area contributed by atoms with Crippen molar-refractivity contribution in [3.05, 3.63) is 45.2 Å². The fraction of sp³-hybridized carbons (Fsp3) is 0.565. The van der Waals surface area contributed by atoms with Crippen LogP contribution in [0.4, 0.5) is 0 Å². The second-order valence-electron chi connectivity index (χ2n) is 8.17. The van der Waals surface area contributed by atoms with E-state index in [-0.39, 0.29) is 11.3 Å². The SMILES string of the molecule is CCC(=O)N1CCC(NC(C)CCc2c(C)[nH]c3c(C)cccc3c2=O)CC1. The molecule has 0 aliphatic carbocycles. The number of benzene rings is 1. The Balaban J connectivity index is 1.59. The topological polar surface area (TPSA) is 65.2 Å². The number of hydrogen-bond donors (Lipinski definition) is 2. The first kappa shape index (κ1) is 20.6. The van der Waals surface area contributed by atoms with Gasteiger partial charge in [0.1, 0.15) is 0 Å². The van der Waals surface area contributed by atoms with Crippen LogP contribution in [-0.4, -0.2) is 41.0 Å². The molecule has 1 aromatic carbocycles. The zero-order valence-electron chi connectivity index (χ0n) is 17.6. The third kappa shape index (κ3) is 4.46. The summed E-state index contributed by atoms with van der Waals surface area (Å²) in [6.07, 6.45) is 4.30. The molecule has 1 aliphatic heterocycles. The molecule has 1 unspecified atom stereocenters. The first-order valence-electron chi connectivity index (χ1n) is 10.6. The summed E-state index contributed by atoms with van der Waals surface area (Å²) in [4.78, 5) is 30.2. The molecular weight excluding hydrogens is 350 g/mol. The van der Waals surface area contributed by atoms with Crippen molar-refractivity contribution in [2.24, 2.45) is 0 Å². The minimum atomic E-state index is 0.161. The van der Waals surface area contributed by atoms with E-state index in [0.717, 1.165) is 66.5 Å². The first-order valence-corrected chi connectivity index (χ1v) is 10.6.